The first kappa shape index (κ1) is 12.4. The predicted molar refractivity (Wildman–Crippen MR) is 69.4 cm³/mol. The van der Waals surface area contributed by atoms with Gasteiger partial charge in [-0.3, -0.25) is 0 Å². The maximum Gasteiger partial charge on any atom is 0.0283 e. The highest BCUT2D eigenvalue weighted by molar-refractivity contribution is 4.96. The fraction of sp³-hybridized carbons (Fsp3) is 1.00. The van der Waals surface area contributed by atoms with Gasteiger partial charge in [0.05, 0.1) is 0 Å². The smallest absolute Gasteiger partial charge is 0.0283 e. The van der Waals surface area contributed by atoms with E-state index in [9.17, 15) is 0 Å². The summed E-state index contributed by atoms with van der Waals surface area (Å²) in [4.78, 5) is 0. The van der Waals surface area contributed by atoms with Crippen LogP contribution in [0.2, 0.25) is 0 Å². The summed E-state index contributed by atoms with van der Waals surface area (Å²) < 4.78 is 0. The third kappa shape index (κ3) is 2.98. The first-order valence-electron chi connectivity index (χ1n) is 7.05. The molecule has 0 bridgehead atoms. The minimum atomic E-state index is 0.0727. The molecular weight excluding hydrogens is 196 g/mol. The Morgan fingerprint density at radius 1 is 1.19 bits per heavy atom. The molecule has 2 atom stereocenters. The summed E-state index contributed by atoms with van der Waals surface area (Å²) in [5.74, 6) is 0.817. The minimum absolute atomic E-state index is 0.0727. The van der Waals surface area contributed by atoms with Crippen LogP contribution in [0.1, 0.15) is 65.2 Å². The molecular formula is C14H28N2. The van der Waals surface area contributed by atoms with Crippen LogP contribution in [0.5, 0.6) is 0 Å². The molecule has 0 aromatic rings. The lowest BCUT2D eigenvalue weighted by Crippen LogP contribution is -2.55. The molecule has 0 aromatic heterocycles. The Kier molecular flexibility index (Phi) is 3.60. The summed E-state index contributed by atoms with van der Waals surface area (Å²) in [5, 5.41) is 3.76. The Hall–Kier alpha value is -0.0800. The molecule has 2 aliphatic rings. The van der Waals surface area contributed by atoms with Crippen LogP contribution in [0, 0.1) is 5.92 Å². The largest absolute Gasteiger partial charge is 0.324 e. The van der Waals surface area contributed by atoms with Crippen LogP contribution in [-0.2, 0) is 0 Å². The van der Waals surface area contributed by atoms with Gasteiger partial charge in [0.15, 0.2) is 0 Å². The quantitative estimate of drug-likeness (QED) is 0.773. The van der Waals surface area contributed by atoms with Crippen molar-refractivity contribution in [1.29, 1.82) is 0 Å². The van der Waals surface area contributed by atoms with Crippen LogP contribution in [0.4, 0.5) is 0 Å². The minimum Gasteiger partial charge on any atom is -0.324 e. The summed E-state index contributed by atoms with van der Waals surface area (Å²) >= 11 is 0. The first-order chi connectivity index (χ1) is 7.52. The highest BCUT2D eigenvalue weighted by atomic mass is 15.0. The van der Waals surface area contributed by atoms with Gasteiger partial charge in [-0.05, 0) is 38.5 Å². The monoisotopic (exact) mass is 224 g/mol. The summed E-state index contributed by atoms with van der Waals surface area (Å²) in [7, 11) is 0. The summed E-state index contributed by atoms with van der Waals surface area (Å²) in [6.45, 7) is 5.74. The van der Waals surface area contributed by atoms with Crippen molar-refractivity contribution in [3.63, 3.8) is 0 Å². The van der Waals surface area contributed by atoms with Crippen LogP contribution < -0.4 is 11.1 Å². The Morgan fingerprint density at radius 2 is 1.88 bits per heavy atom. The van der Waals surface area contributed by atoms with Crippen LogP contribution in [-0.4, -0.2) is 17.6 Å². The van der Waals surface area contributed by atoms with Crippen LogP contribution in [0.25, 0.3) is 0 Å². The van der Waals surface area contributed by atoms with Crippen LogP contribution in [0.15, 0.2) is 0 Å². The second-order valence-electron chi connectivity index (χ2n) is 6.69. The van der Waals surface area contributed by atoms with Crippen molar-refractivity contribution >= 4 is 0 Å². The summed E-state index contributed by atoms with van der Waals surface area (Å²) in [6.07, 6.45) is 10.5. The molecule has 0 spiro atoms. The predicted octanol–water partition coefficient (Wildman–Crippen LogP) is 2.82. The molecule has 0 aromatic carbocycles. The topological polar surface area (TPSA) is 38.0 Å². The van der Waals surface area contributed by atoms with Gasteiger partial charge in [0.1, 0.15) is 0 Å². The van der Waals surface area contributed by atoms with Crippen LogP contribution in [0.3, 0.4) is 0 Å². The Labute approximate surface area is 100 Å². The van der Waals surface area contributed by atoms with Gasteiger partial charge in [0.2, 0.25) is 0 Å². The zero-order valence-electron chi connectivity index (χ0n) is 11.0. The lowest BCUT2D eigenvalue weighted by atomic mass is 9.76. The van der Waals surface area contributed by atoms with E-state index in [0.717, 1.165) is 12.5 Å². The Morgan fingerprint density at radius 3 is 2.50 bits per heavy atom. The normalized spacial score (nSPS) is 38.8. The van der Waals surface area contributed by atoms with Gasteiger partial charge in [-0.1, -0.05) is 32.6 Å². The first-order valence-corrected chi connectivity index (χ1v) is 7.05. The second kappa shape index (κ2) is 4.66. The molecule has 0 radical (unpaired) electrons. The van der Waals surface area contributed by atoms with Crippen molar-refractivity contribution in [1.82, 2.24) is 5.32 Å². The molecule has 0 saturated heterocycles. The van der Waals surface area contributed by atoms with Gasteiger partial charge in [-0.2, -0.15) is 0 Å². The maximum absolute atomic E-state index is 6.52. The SMILES string of the molecule is CC1CCCC(N)(CNC2(C)CCCC2)C1. The maximum atomic E-state index is 6.52. The number of rotatable bonds is 3. The van der Waals surface area contributed by atoms with Gasteiger partial charge < -0.3 is 11.1 Å². The number of hydrogen-bond acceptors (Lipinski definition) is 2. The van der Waals surface area contributed by atoms with E-state index in [1.165, 1.54) is 51.4 Å². The number of nitrogens with two attached hydrogens (primary N) is 1. The van der Waals surface area contributed by atoms with Crippen molar-refractivity contribution in [2.24, 2.45) is 11.7 Å². The van der Waals surface area contributed by atoms with Gasteiger partial charge in [0.25, 0.3) is 0 Å². The van der Waals surface area contributed by atoms with Gasteiger partial charge in [-0.15, -0.1) is 0 Å². The molecule has 0 aliphatic heterocycles. The molecule has 0 heterocycles. The molecule has 2 saturated carbocycles. The van der Waals surface area contributed by atoms with E-state index in [4.69, 9.17) is 5.73 Å². The molecule has 2 unspecified atom stereocenters. The highest BCUT2D eigenvalue weighted by Gasteiger charge is 2.34. The molecule has 2 heteroatoms. The summed E-state index contributed by atoms with van der Waals surface area (Å²) in [6, 6.07) is 0. The third-order valence-corrected chi connectivity index (χ3v) is 4.70. The van der Waals surface area contributed by atoms with E-state index in [1.807, 2.05) is 0 Å². The highest BCUT2D eigenvalue weighted by Crippen LogP contribution is 2.33. The van der Waals surface area contributed by atoms with Crippen molar-refractivity contribution in [3.8, 4) is 0 Å². The average molecular weight is 224 g/mol. The Bertz CT molecular complexity index is 233. The molecule has 2 fully saturated rings. The molecule has 0 amide bonds. The van der Waals surface area contributed by atoms with E-state index in [1.54, 1.807) is 0 Å². The van der Waals surface area contributed by atoms with E-state index >= 15 is 0 Å². The molecule has 16 heavy (non-hydrogen) atoms. The molecule has 2 nitrogen and oxygen atoms in total. The standard InChI is InChI=1S/C14H28N2/c1-12-6-5-9-14(15,10-12)11-16-13(2)7-3-4-8-13/h12,16H,3-11,15H2,1-2H3. The summed E-state index contributed by atoms with van der Waals surface area (Å²) in [5.41, 5.74) is 6.98. The van der Waals surface area contributed by atoms with E-state index in [0.29, 0.717) is 5.54 Å². The zero-order chi connectivity index (χ0) is 11.6. The fourth-order valence-corrected chi connectivity index (χ4v) is 3.58. The second-order valence-corrected chi connectivity index (χ2v) is 6.69. The van der Waals surface area contributed by atoms with Crippen molar-refractivity contribution in [2.75, 3.05) is 6.54 Å². The lowest BCUT2D eigenvalue weighted by Gasteiger charge is -2.39. The van der Waals surface area contributed by atoms with E-state index in [2.05, 4.69) is 19.2 Å². The van der Waals surface area contributed by atoms with E-state index in [-0.39, 0.29) is 5.54 Å². The van der Waals surface area contributed by atoms with Crippen molar-refractivity contribution < 1.29 is 0 Å². The van der Waals surface area contributed by atoms with Gasteiger partial charge >= 0.3 is 0 Å². The van der Waals surface area contributed by atoms with Gasteiger partial charge in [-0.25, -0.2) is 0 Å². The van der Waals surface area contributed by atoms with E-state index < -0.39 is 0 Å². The van der Waals surface area contributed by atoms with Gasteiger partial charge in [0, 0.05) is 17.6 Å². The molecule has 2 aliphatic carbocycles. The number of nitrogens with one attached hydrogen (secondary N) is 1. The number of hydrogen-bond donors (Lipinski definition) is 2. The Balaban J connectivity index is 1.83. The lowest BCUT2D eigenvalue weighted by molar-refractivity contribution is 0.207. The zero-order valence-corrected chi connectivity index (χ0v) is 11.0. The van der Waals surface area contributed by atoms with Crippen LogP contribution >= 0.6 is 0 Å². The molecule has 94 valence electrons. The van der Waals surface area contributed by atoms with Crippen molar-refractivity contribution in [3.05, 3.63) is 0 Å². The third-order valence-electron chi connectivity index (χ3n) is 4.70. The molecule has 2 rings (SSSR count). The van der Waals surface area contributed by atoms with Crippen molar-refractivity contribution in [2.45, 2.75) is 76.3 Å². The fourth-order valence-electron chi connectivity index (χ4n) is 3.58. The molecule has 3 N–H and O–H groups in total. The average Bonchev–Trinajstić information content (AvgIpc) is 2.63.